The van der Waals surface area contributed by atoms with Gasteiger partial charge in [0.05, 0.1) is 17.6 Å². The molecule has 0 unspecified atom stereocenters. The van der Waals surface area contributed by atoms with Crippen LogP contribution in [0, 0.1) is 10.1 Å². The molecule has 8 nitrogen and oxygen atoms in total. The topological polar surface area (TPSA) is 112 Å². The summed E-state index contributed by atoms with van der Waals surface area (Å²) in [7, 11) is 0. The van der Waals surface area contributed by atoms with Gasteiger partial charge < -0.3 is 14.5 Å². The van der Waals surface area contributed by atoms with Crippen LogP contribution in [-0.4, -0.2) is 23.4 Å². The maximum atomic E-state index is 12.1. The fourth-order valence-electron chi connectivity index (χ4n) is 2.79. The van der Waals surface area contributed by atoms with Gasteiger partial charge in [-0.05, 0) is 30.2 Å². The van der Waals surface area contributed by atoms with Crippen molar-refractivity contribution in [1.82, 2.24) is 0 Å². The van der Waals surface area contributed by atoms with E-state index in [9.17, 15) is 19.7 Å². The van der Waals surface area contributed by atoms with E-state index in [2.05, 4.69) is 5.32 Å². The van der Waals surface area contributed by atoms with Crippen molar-refractivity contribution in [3.05, 3.63) is 68.9 Å². The quantitative estimate of drug-likeness (QED) is 0.349. The Balaban J connectivity index is 1.59. The molecule has 29 heavy (non-hydrogen) atoms. The van der Waals surface area contributed by atoms with Crippen molar-refractivity contribution in [2.75, 3.05) is 11.9 Å². The highest BCUT2D eigenvalue weighted by molar-refractivity contribution is 6.31. The monoisotopic (exact) mass is 416 g/mol. The number of nitro groups is 1. The van der Waals surface area contributed by atoms with Crippen molar-refractivity contribution in [2.45, 2.75) is 19.8 Å². The fraction of sp³-hybridized carbons (Fsp3) is 0.200. The first-order chi connectivity index (χ1) is 13.9. The van der Waals surface area contributed by atoms with Gasteiger partial charge in [0.15, 0.2) is 6.61 Å². The summed E-state index contributed by atoms with van der Waals surface area (Å²) in [5, 5.41) is 14.4. The Morgan fingerprint density at radius 2 is 2.03 bits per heavy atom. The summed E-state index contributed by atoms with van der Waals surface area (Å²) < 4.78 is 10.5. The molecule has 0 aliphatic rings. The molecule has 1 heterocycles. The average Bonchev–Trinajstić information content (AvgIpc) is 3.08. The van der Waals surface area contributed by atoms with Crippen LogP contribution in [0.3, 0.4) is 0 Å². The van der Waals surface area contributed by atoms with Gasteiger partial charge in [0, 0.05) is 22.0 Å². The number of amides is 1. The molecule has 150 valence electrons. The zero-order valence-corrected chi connectivity index (χ0v) is 16.2. The molecule has 9 heteroatoms. The second-order valence-corrected chi connectivity index (χ2v) is 6.69. The first-order valence-electron chi connectivity index (χ1n) is 8.75. The van der Waals surface area contributed by atoms with E-state index in [1.54, 1.807) is 0 Å². The summed E-state index contributed by atoms with van der Waals surface area (Å²) in [6, 6.07) is 9.52. The van der Waals surface area contributed by atoms with Crippen LogP contribution in [0.2, 0.25) is 5.02 Å². The molecule has 0 aliphatic carbocycles. The Kier molecular flexibility index (Phi) is 6.13. The van der Waals surface area contributed by atoms with Gasteiger partial charge in [-0.1, -0.05) is 30.7 Å². The highest BCUT2D eigenvalue weighted by atomic mass is 35.5. The van der Waals surface area contributed by atoms with Crippen molar-refractivity contribution in [3.63, 3.8) is 0 Å². The number of nitro benzene ring substituents is 1. The summed E-state index contributed by atoms with van der Waals surface area (Å²) in [4.78, 5) is 34.5. The number of nitrogens with zero attached hydrogens (tertiary/aromatic N) is 1. The number of rotatable bonds is 7. The molecular weight excluding hydrogens is 400 g/mol. The zero-order chi connectivity index (χ0) is 21.0. The van der Waals surface area contributed by atoms with E-state index in [1.165, 1.54) is 24.5 Å². The molecule has 0 saturated heterocycles. The molecule has 2 aromatic carbocycles. The van der Waals surface area contributed by atoms with Crippen molar-refractivity contribution >= 4 is 45.8 Å². The van der Waals surface area contributed by atoms with Gasteiger partial charge in [0.2, 0.25) is 0 Å². The molecule has 3 aromatic rings. The van der Waals surface area contributed by atoms with E-state index in [-0.39, 0.29) is 22.8 Å². The molecule has 1 amide bonds. The highest BCUT2D eigenvalue weighted by Gasteiger charge is 2.18. The number of hydrogen-bond donors (Lipinski definition) is 1. The SMILES string of the molecule is CCc1ccc2c(CC(=O)OCC(=O)Nc3cc(Cl)ccc3[N+](=O)[O-])coc2c1. The minimum absolute atomic E-state index is 0.0664. The molecule has 0 saturated carbocycles. The van der Waals surface area contributed by atoms with Crippen LogP contribution < -0.4 is 5.32 Å². The normalized spacial score (nSPS) is 10.7. The molecule has 0 bridgehead atoms. The third-order valence-electron chi connectivity index (χ3n) is 4.26. The standard InChI is InChI=1S/C20H17ClN2O6/c1-2-12-3-5-15-13(10-28-18(15)7-12)8-20(25)29-11-19(24)22-16-9-14(21)4-6-17(16)23(26)27/h3-7,9-10H,2,8,11H2,1H3,(H,22,24). The number of ether oxygens (including phenoxy) is 1. The summed E-state index contributed by atoms with van der Waals surface area (Å²) in [6.07, 6.45) is 2.29. The van der Waals surface area contributed by atoms with Gasteiger partial charge in [-0.2, -0.15) is 0 Å². The second kappa shape index (κ2) is 8.74. The van der Waals surface area contributed by atoms with Gasteiger partial charge in [0.25, 0.3) is 11.6 Å². The number of esters is 1. The van der Waals surface area contributed by atoms with Crippen LogP contribution in [-0.2, 0) is 27.2 Å². The maximum Gasteiger partial charge on any atom is 0.310 e. The van der Waals surface area contributed by atoms with Crippen molar-refractivity contribution in [1.29, 1.82) is 0 Å². The van der Waals surface area contributed by atoms with Crippen molar-refractivity contribution in [2.24, 2.45) is 0 Å². The number of nitrogens with one attached hydrogen (secondary N) is 1. The molecule has 0 radical (unpaired) electrons. The second-order valence-electron chi connectivity index (χ2n) is 6.25. The van der Waals surface area contributed by atoms with E-state index in [4.69, 9.17) is 20.8 Å². The number of benzene rings is 2. The van der Waals surface area contributed by atoms with Crippen LogP contribution in [0.5, 0.6) is 0 Å². The largest absolute Gasteiger partial charge is 0.464 e. The van der Waals surface area contributed by atoms with Crippen molar-refractivity contribution < 1.29 is 23.7 Å². The van der Waals surface area contributed by atoms with Crippen LogP contribution in [0.1, 0.15) is 18.1 Å². The number of halogens is 1. The van der Waals surface area contributed by atoms with E-state index >= 15 is 0 Å². The van der Waals surface area contributed by atoms with Gasteiger partial charge >= 0.3 is 5.97 Å². The molecule has 0 fully saturated rings. The van der Waals surface area contributed by atoms with E-state index in [0.29, 0.717) is 11.1 Å². The van der Waals surface area contributed by atoms with Crippen molar-refractivity contribution in [3.8, 4) is 0 Å². The number of carbonyl (C=O) groups excluding carboxylic acids is 2. The molecule has 1 N–H and O–H groups in total. The molecule has 3 rings (SSSR count). The summed E-state index contributed by atoms with van der Waals surface area (Å²) in [6.45, 7) is 1.45. The lowest BCUT2D eigenvalue weighted by Crippen LogP contribution is -2.22. The molecule has 0 aliphatic heterocycles. The molecular formula is C20H17ClN2O6. The van der Waals surface area contributed by atoms with Gasteiger partial charge in [0.1, 0.15) is 11.3 Å². The third-order valence-corrected chi connectivity index (χ3v) is 4.49. The van der Waals surface area contributed by atoms with E-state index < -0.39 is 23.4 Å². The number of hydrogen-bond acceptors (Lipinski definition) is 6. The molecule has 1 aromatic heterocycles. The van der Waals surface area contributed by atoms with E-state index in [1.807, 2.05) is 25.1 Å². The zero-order valence-electron chi connectivity index (χ0n) is 15.4. The van der Waals surface area contributed by atoms with Gasteiger partial charge in [-0.15, -0.1) is 0 Å². The Hall–Kier alpha value is -3.39. The third kappa shape index (κ3) is 4.91. The summed E-state index contributed by atoms with van der Waals surface area (Å²) in [5.74, 6) is -1.34. The highest BCUT2D eigenvalue weighted by Crippen LogP contribution is 2.27. The lowest BCUT2D eigenvalue weighted by Gasteiger charge is -2.07. The maximum absolute atomic E-state index is 12.1. The average molecular weight is 417 g/mol. The lowest BCUT2D eigenvalue weighted by molar-refractivity contribution is -0.383. The van der Waals surface area contributed by atoms with E-state index in [0.717, 1.165) is 17.4 Å². The van der Waals surface area contributed by atoms with Crippen LogP contribution >= 0.6 is 11.6 Å². The number of aryl methyl sites for hydroxylation is 1. The van der Waals surface area contributed by atoms with Crippen LogP contribution in [0.4, 0.5) is 11.4 Å². The Bertz CT molecular complexity index is 1090. The first-order valence-corrected chi connectivity index (χ1v) is 9.13. The first kappa shape index (κ1) is 20.3. The fourth-order valence-corrected chi connectivity index (χ4v) is 2.96. The van der Waals surface area contributed by atoms with Gasteiger partial charge in [-0.25, -0.2) is 0 Å². The molecule has 0 spiro atoms. The predicted octanol–water partition coefficient (Wildman–Crippen LogP) is 4.28. The predicted molar refractivity (Wildman–Crippen MR) is 107 cm³/mol. The minimum Gasteiger partial charge on any atom is -0.464 e. The number of fused-ring (bicyclic) bond motifs is 1. The van der Waals surface area contributed by atoms with Gasteiger partial charge in [-0.3, -0.25) is 19.7 Å². The van der Waals surface area contributed by atoms with Crippen LogP contribution in [0.15, 0.2) is 47.1 Å². The Labute approximate surface area is 170 Å². The number of carbonyl (C=O) groups is 2. The lowest BCUT2D eigenvalue weighted by atomic mass is 10.1. The smallest absolute Gasteiger partial charge is 0.310 e. The van der Waals surface area contributed by atoms with Crippen LogP contribution in [0.25, 0.3) is 11.0 Å². The number of furan rings is 1. The Morgan fingerprint density at radius 1 is 1.24 bits per heavy atom. The number of anilines is 1. The molecule has 0 atom stereocenters. The minimum atomic E-state index is -0.714. The Morgan fingerprint density at radius 3 is 2.76 bits per heavy atom. The summed E-state index contributed by atoms with van der Waals surface area (Å²) >= 11 is 5.81. The summed E-state index contributed by atoms with van der Waals surface area (Å²) in [5.41, 5.74) is 2.06.